The summed E-state index contributed by atoms with van der Waals surface area (Å²) in [6.45, 7) is 5.83. The lowest BCUT2D eigenvalue weighted by atomic mass is 10.0. The molecule has 0 N–H and O–H groups in total. The van der Waals surface area contributed by atoms with Gasteiger partial charge in [-0.15, -0.1) is 0 Å². The first kappa shape index (κ1) is 16.5. The van der Waals surface area contributed by atoms with Crippen LogP contribution in [0.25, 0.3) is 11.1 Å². The van der Waals surface area contributed by atoms with Gasteiger partial charge in [0.2, 0.25) is 0 Å². The molecule has 0 radical (unpaired) electrons. The summed E-state index contributed by atoms with van der Waals surface area (Å²) < 4.78 is 5.15. The maximum absolute atomic E-state index is 5.15. The SMILES string of the molecule is C=C(/C=C\C(=C/C)OC)/N=C/c1ccc(-c2ccccc2)cc1. The van der Waals surface area contributed by atoms with Crippen LogP contribution in [0, 0.1) is 0 Å². The minimum absolute atomic E-state index is 0.675. The molecule has 0 bridgehead atoms. The largest absolute Gasteiger partial charge is 0.497 e. The molecule has 2 nitrogen and oxygen atoms in total. The van der Waals surface area contributed by atoms with Crippen molar-refractivity contribution in [3.05, 3.63) is 96.4 Å². The Morgan fingerprint density at radius 1 is 0.957 bits per heavy atom. The first-order chi connectivity index (χ1) is 11.2. The van der Waals surface area contributed by atoms with Gasteiger partial charge in [-0.1, -0.05) is 61.2 Å². The molecule has 0 heterocycles. The minimum Gasteiger partial charge on any atom is -0.497 e. The van der Waals surface area contributed by atoms with Gasteiger partial charge in [-0.05, 0) is 41.8 Å². The van der Waals surface area contributed by atoms with Gasteiger partial charge < -0.3 is 4.74 Å². The van der Waals surface area contributed by atoms with Gasteiger partial charge in [0.25, 0.3) is 0 Å². The molecule has 0 fully saturated rings. The zero-order valence-electron chi connectivity index (χ0n) is 13.6. The Kier molecular flexibility index (Phi) is 6.13. The molecule has 2 aromatic carbocycles. The van der Waals surface area contributed by atoms with Crippen LogP contribution in [0.3, 0.4) is 0 Å². The third-order valence-electron chi connectivity index (χ3n) is 3.36. The smallest absolute Gasteiger partial charge is 0.114 e. The standard InChI is InChI=1S/C21H21NO/c1-4-21(23-3)15-10-17(2)22-16-18-11-13-20(14-12-18)19-8-6-5-7-9-19/h4-16H,2H2,1,3H3/b15-10-,21-4+,22-16+. The molecule has 116 valence electrons. The maximum Gasteiger partial charge on any atom is 0.114 e. The van der Waals surface area contributed by atoms with Crippen molar-refractivity contribution in [1.82, 2.24) is 0 Å². The van der Waals surface area contributed by atoms with Crippen LogP contribution in [0.2, 0.25) is 0 Å². The summed E-state index contributed by atoms with van der Waals surface area (Å²) in [7, 11) is 1.64. The summed E-state index contributed by atoms with van der Waals surface area (Å²) in [5.74, 6) is 0.786. The van der Waals surface area contributed by atoms with Crippen molar-refractivity contribution >= 4 is 6.21 Å². The number of aliphatic imine (C=N–C) groups is 1. The van der Waals surface area contributed by atoms with E-state index < -0.39 is 0 Å². The average Bonchev–Trinajstić information content (AvgIpc) is 2.62. The van der Waals surface area contributed by atoms with E-state index in [0.717, 1.165) is 11.3 Å². The molecule has 0 amide bonds. The number of allylic oxidation sites excluding steroid dienone is 3. The Morgan fingerprint density at radius 2 is 1.61 bits per heavy atom. The van der Waals surface area contributed by atoms with E-state index in [9.17, 15) is 0 Å². The van der Waals surface area contributed by atoms with Gasteiger partial charge in [0.1, 0.15) is 5.76 Å². The number of hydrogen-bond acceptors (Lipinski definition) is 2. The normalized spacial score (nSPS) is 12.0. The molecule has 0 aromatic heterocycles. The highest BCUT2D eigenvalue weighted by Gasteiger charge is 1.96. The van der Waals surface area contributed by atoms with Gasteiger partial charge in [-0.3, -0.25) is 4.99 Å². The molecule has 0 saturated carbocycles. The van der Waals surface area contributed by atoms with Crippen LogP contribution in [0.1, 0.15) is 12.5 Å². The van der Waals surface area contributed by atoms with Crippen molar-refractivity contribution in [2.45, 2.75) is 6.92 Å². The zero-order valence-corrected chi connectivity index (χ0v) is 13.6. The lowest BCUT2D eigenvalue weighted by molar-refractivity contribution is 0.306. The number of nitrogens with zero attached hydrogens (tertiary/aromatic N) is 1. The fourth-order valence-electron chi connectivity index (χ4n) is 2.05. The summed E-state index contributed by atoms with van der Waals surface area (Å²) in [5.41, 5.74) is 4.12. The first-order valence-electron chi connectivity index (χ1n) is 7.50. The lowest BCUT2D eigenvalue weighted by Gasteiger charge is -2.01. The van der Waals surface area contributed by atoms with Gasteiger partial charge in [-0.2, -0.15) is 0 Å². The monoisotopic (exact) mass is 303 g/mol. The maximum atomic E-state index is 5.15. The van der Waals surface area contributed by atoms with Crippen LogP contribution in [-0.4, -0.2) is 13.3 Å². The van der Waals surface area contributed by atoms with E-state index in [2.05, 4.69) is 48.0 Å². The number of hydrogen-bond donors (Lipinski definition) is 0. The Labute approximate surface area is 138 Å². The van der Waals surface area contributed by atoms with Crippen LogP contribution in [0.4, 0.5) is 0 Å². The molecule has 2 aromatic rings. The fourth-order valence-corrected chi connectivity index (χ4v) is 2.05. The van der Waals surface area contributed by atoms with Gasteiger partial charge in [0.15, 0.2) is 0 Å². The molecule has 2 rings (SSSR count). The van der Waals surface area contributed by atoms with Crippen molar-refractivity contribution in [2.24, 2.45) is 4.99 Å². The fraction of sp³-hybridized carbons (Fsp3) is 0.0952. The predicted octanol–water partition coefficient (Wildman–Crippen LogP) is 5.39. The Hall–Kier alpha value is -2.87. The van der Waals surface area contributed by atoms with Gasteiger partial charge in [0, 0.05) is 6.21 Å². The summed E-state index contributed by atoms with van der Waals surface area (Å²) in [6, 6.07) is 18.6. The van der Waals surface area contributed by atoms with E-state index in [1.165, 1.54) is 11.1 Å². The number of methoxy groups -OCH3 is 1. The highest BCUT2D eigenvalue weighted by atomic mass is 16.5. The average molecular weight is 303 g/mol. The second-order valence-electron chi connectivity index (χ2n) is 4.97. The van der Waals surface area contributed by atoms with E-state index in [1.54, 1.807) is 7.11 Å². The zero-order chi connectivity index (χ0) is 16.5. The van der Waals surface area contributed by atoms with E-state index in [4.69, 9.17) is 4.74 Å². The summed E-state index contributed by atoms with van der Waals surface area (Å²) >= 11 is 0. The molecule has 0 unspecified atom stereocenters. The quantitative estimate of drug-likeness (QED) is 0.398. The number of ether oxygens (including phenoxy) is 1. The van der Waals surface area contributed by atoms with Crippen LogP contribution in [0.5, 0.6) is 0 Å². The molecule has 0 atom stereocenters. The van der Waals surface area contributed by atoms with Crippen molar-refractivity contribution in [3.63, 3.8) is 0 Å². The second-order valence-corrected chi connectivity index (χ2v) is 4.97. The summed E-state index contributed by atoms with van der Waals surface area (Å²) in [6.07, 6.45) is 7.37. The van der Waals surface area contributed by atoms with E-state index in [0.29, 0.717) is 5.70 Å². The molecule has 23 heavy (non-hydrogen) atoms. The molecular weight excluding hydrogens is 282 g/mol. The first-order valence-corrected chi connectivity index (χ1v) is 7.50. The van der Waals surface area contributed by atoms with Crippen LogP contribution < -0.4 is 0 Å². The molecule has 0 saturated heterocycles. The minimum atomic E-state index is 0.675. The third-order valence-corrected chi connectivity index (χ3v) is 3.36. The van der Waals surface area contributed by atoms with Crippen molar-refractivity contribution in [2.75, 3.05) is 7.11 Å². The third kappa shape index (κ3) is 5.11. The van der Waals surface area contributed by atoms with Crippen molar-refractivity contribution in [1.29, 1.82) is 0 Å². The molecular formula is C21H21NO. The van der Waals surface area contributed by atoms with Gasteiger partial charge in [0.05, 0.1) is 12.8 Å². The lowest BCUT2D eigenvalue weighted by Crippen LogP contribution is -1.84. The van der Waals surface area contributed by atoms with Crippen LogP contribution in [0.15, 0.2) is 95.9 Å². The molecule has 0 spiro atoms. The van der Waals surface area contributed by atoms with Gasteiger partial charge in [-0.25, -0.2) is 0 Å². The van der Waals surface area contributed by atoms with E-state index >= 15 is 0 Å². The molecule has 2 heteroatoms. The van der Waals surface area contributed by atoms with Crippen LogP contribution in [-0.2, 0) is 4.74 Å². The molecule has 0 aliphatic carbocycles. The molecule has 0 aliphatic heterocycles. The second kappa shape index (κ2) is 8.54. The Morgan fingerprint density at radius 3 is 2.22 bits per heavy atom. The van der Waals surface area contributed by atoms with Crippen molar-refractivity contribution < 1.29 is 4.74 Å². The van der Waals surface area contributed by atoms with Crippen molar-refractivity contribution in [3.8, 4) is 11.1 Å². The van der Waals surface area contributed by atoms with Gasteiger partial charge >= 0.3 is 0 Å². The summed E-state index contributed by atoms with van der Waals surface area (Å²) in [5, 5.41) is 0. The number of rotatable bonds is 6. The topological polar surface area (TPSA) is 21.6 Å². The highest BCUT2D eigenvalue weighted by molar-refractivity contribution is 5.81. The van der Waals surface area contributed by atoms with E-state index in [1.807, 2.05) is 49.6 Å². The Balaban J connectivity index is 2.02. The van der Waals surface area contributed by atoms with E-state index in [-0.39, 0.29) is 0 Å². The summed E-state index contributed by atoms with van der Waals surface area (Å²) in [4.78, 5) is 4.35. The predicted molar refractivity (Wildman–Crippen MR) is 98.5 cm³/mol. The van der Waals surface area contributed by atoms with Crippen LogP contribution >= 0.6 is 0 Å². The number of benzene rings is 2. The molecule has 0 aliphatic rings. The Bertz CT molecular complexity index is 722. The highest BCUT2D eigenvalue weighted by Crippen LogP contribution is 2.18.